The first-order valence-corrected chi connectivity index (χ1v) is 11.8. The zero-order valence-electron chi connectivity index (χ0n) is 18.4. The molecule has 0 saturated carbocycles. The van der Waals surface area contributed by atoms with Gasteiger partial charge >= 0.3 is 5.97 Å². The van der Waals surface area contributed by atoms with Crippen LogP contribution in [0.2, 0.25) is 0 Å². The third-order valence-corrected chi connectivity index (χ3v) is 6.46. The summed E-state index contributed by atoms with van der Waals surface area (Å²) in [7, 11) is 1.60. The molecule has 1 heterocycles. The van der Waals surface area contributed by atoms with Gasteiger partial charge in [0.1, 0.15) is 21.4 Å². The fraction of sp³-hybridized carbons (Fsp3) is 0.250. The third-order valence-electron chi connectivity index (χ3n) is 5.08. The van der Waals surface area contributed by atoms with Gasteiger partial charge in [0, 0.05) is 24.7 Å². The van der Waals surface area contributed by atoms with E-state index < -0.39 is 11.7 Å². The number of nitrogens with zero attached hydrogens (tertiary/aromatic N) is 1. The maximum Gasteiger partial charge on any atom is 0.339 e. The lowest BCUT2D eigenvalue weighted by molar-refractivity contribution is -0.122. The predicted molar refractivity (Wildman–Crippen MR) is 135 cm³/mol. The molecule has 0 bridgehead atoms. The number of carbonyl (C=O) groups is 3. The first-order chi connectivity index (χ1) is 16.3. The van der Waals surface area contributed by atoms with Crippen molar-refractivity contribution in [1.82, 2.24) is 4.90 Å². The van der Waals surface area contributed by atoms with Crippen molar-refractivity contribution in [3.63, 3.8) is 0 Å². The van der Waals surface area contributed by atoms with Crippen LogP contribution in [0.4, 0.5) is 5.69 Å². The molecule has 1 aliphatic rings. The predicted octanol–water partition coefficient (Wildman–Crippen LogP) is 4.50. The second kappa shape index (κ2) is 11.7. The molecule has 3 N–H and O–H groups in total. The number of aromatic hydroxyl groups is 1. The molecule has 34 heavy (non-hydrogen) atoms. The van der Waals surface area contributed by atoms with E-state index in [9.17, 15) is 19.5 Å². The van der Waals surface area contributed by atoms with E-state index in [1.807, 2.05) is 30.3 Å². The molecule has 1 aliphatic heterocycles. The Hall–Kier alpha value is -3.37. The van der Waals surface area contributed by atoms with Crippen molar-refractivity contribution in [2.45, 2.75) is 25.7 Å². The highest BCUT2D eigenvalue weighted by atomic mass is 32.2. The molecule has 1 fully saturated rings. The Balaban J connectivity index is 1.42. The Morgan fingerprint density at radius 2 is 1.88 bits per heavy atom. The van der Waals surface area contributed by atoms with Gasteiger partial charge in [0.05, 0.1) is 12.0 Å². The summed E-state index contributed by atoms with van der Waals surface area (Å²) < 4.78 is 5.66. The number of anilines is 1. The molecular formula is C24H24N2O6S2. The van der Waals surface area contributed by atoms with Crippen LogP contribution in [-0.4, -0.2) is 50.9 Å². The van der Waals surface area contributed by atoms with Gasteiger partial charge in [0.15, 0.2) is 0 Å². The van der Waals surface area contributed by atoms with Gasteiger partial charge in [-0.3, -0.25) is 14.5 Å². The number of phenols is 1. The molecule has 10 heteroatoms. The molecule has 3 rings (SSSR count). The van der Waals surface area contributed by atoms with Crippen molar-refractivity contribution >= 4 is 57.8 Å². The molecule has 0 unspecified atom stereocenters. The Morgan fingerprint density at radius 1 is 1.15 bits per heavy atom. The molecule has 0 atom stereocenters. The molecule has 8 nitrogen and oxygen atoms in total. The van der Waals surface area contributed by atoms with Gasteiger partial charge in [-0.1, -0.05) is 42.5 Å². The summed E-state index contributed by atoms with van der Waals surface area (Å²) in [5, 5.41) is 21.3. The number of nitrogens with one attached hydrogen (secondary N) is 1. The van der Waals surface area contributed by atoms with E-state index in [4.69, 9.17) is 22.1 Å². The molecule has 0 spiro atoms. The maximum atomic E-state index is 12.7. The summed E-state index contributed by atoms with van der Waals surface area (Å²) in [4.78, 5) is 37.9. The second-order valence-electron chi connectivity index (χ2n) is 7.50. The Morgan fingerprint density at radius 3 is 2.53 bits per heavy atom. The smallest absolute Gasteiger partial charge is 0.339 e. The van der Waals surface area contributed by atoms with E-state index >= 15 is 0 Å². The van der Waals surface area contributed by atoms with Crippen LogP contribution < -0.4 is 10.1 Å². The van der Waals surface area contributed by atoms with E-state index in [1.165, 1.54) is 30.0 Å². The maximum absolute atomic E-state index is 12.7. The van der Waals surface area contributed by atoms with Gasteiger partial charge in [-0.2, -0.15) is 0 Å². The summed E-state index contributed by atoms with van der Waals surface area (Å²) in [6, 6.07) is 11.3. The van der Waals surface area contributed by atoms with Gasteiger partial charge in [-0.15, -0.1) is 0 Å². The number of carboxylic acid groups (broad SMARTS) is 1. The molecule has 1 saturated heterocycles. The molecular weight excluding hydrogens is 476 g/mol. The number of methoxy groups -OCH3 is 1. The molecule has 2 amide bonds. The first kappa shape index (κ1) is 25.3. The van der Waals surface area contributed by atoms with Crippen LogP contribution in [0, 0.1) is 0 Å². The first-order valence-electron chi connectivity index (χ1n) is 10.5. The number of thiocarbonyl (C=S) groups is 1. The van der Waals surface area contributed by atoms with Gasteiger partial charge in [-0.25, -0.2) is 4.79 Å². The standard InChI is InChI=1S/C24H24N2O6S2/c1-32-17-9-6-15(7-10-17)13-20-22(29)26(24(33)34-20)12-4-2-3-5-21(28)25-16-8-11-18(23(30)31)19(27)14-16/h6-11,13-14,27H,2-5,12H2,1H3,(H,25,28)(H,30,31)/b20-13-. The number of carboxylic acids is 1. The summed E-state index contributed by atoms with van der Waals surface area (Å²) >= 11 is 6.64. The number of ether oxygens (including phenoxy) is 1. The van der Waals surface area contributed by atoms with E-state index in [0.29, 0.717) is 34.3 Å². The van der Waals surface area contributed by atoms with Crippen LogP contribution in [0.1, 0.15) is 41.6 Å². The number of thioether (sulfide) groups is 1. The van der Waals surface area contributed by atoms with E-state index in [0.717, 1.165) is 17.7 Å². The fourth-order valence-electron chi connectivity index (χ4n) is 3.29. The van der Waals surface area contributed by atoms with Crippen LogP contribution in [0.25, 0.3) is 6.08 Å². The van der Waals surface area contributed by atoms with Crippen molar-refractivity contribution < 1.29 is 29.3 Å². The lowest BCUT2D eigenvalue weighted by Gasteiger charge is -2.14. The Bertz CT molecular complexity index is 1130. The lowest BCUT2D eigenvalue weighted by atomic mass is 10.1. The van der Waals surface area contributed by atoms with Crippen molar-refractivity contribution in [2.75, 3.05) is 19.0 Å². The zero-order chi connectivity index (χ0) is 24.7. The number of hydrogen-bond donors (Lipinski definition) is 3. The van der Waals surface area contributed by atoms with Crippen molar-refractivity contribution in [1.29, 1.82) is 0 Å². The molecule has 0 radical (unpaired) electrons. The van der Waals surface area contributed by atoms with Crippen LogP contribution in [-0.2, 0) is 9.59 Å². The van der Waals surface area contributed by atoms with Crippen LogP contribution >= 0.6 is 24.0 Å². The molecule has 0 aliphatic carbocycles. The number of rotatable bonds is 10. The zero-order valence-corrected chi connectivity index (χ0v) is 20.1. The monoisotopic (exact) mass is 500 g/mol. The Kier molecular flexibility index (Phi) is 8.67. The van der Waals surface area contributed by atoms with Gasteiger partial charge < -0.3 is 20.3 Å². The van der Waals surface area contributed by atoms with E-state index in [2.05, 4.69) is 5.32 Å². The molecule has 0 aromatic heterocycles. The van der Waals surface area contributed by atoms with Crippen LogP contribution in [0.5, 0.6) is 11.5 Å². The number of aromatic carboxylic acids is 1. The lowest BCUT2D eigenvalue weighted by Crippen LogP contribution is -2.29. The minimum Gasteiger partial charge on any atom is -0.507 e. The topological polar surface area (TPSA) is 116 Å². The number of benzene rings is 2. The fourth-order valence-corrected chi connectivity index (χ4v) is 4.60. The van der Waals surface area contributed by atoms with Gasteiger partial charge in [0.25, 0.3) is 5.91 Å². The highest BCUT2D eigenvalue weighted by Crippen LogP contribution is 2.33. The molecule has 178 valence electrons. The number of carbonyl (C=O) groups excluding carboxylic acids is 2. The molecule has 2 aromatic carbocycles. The van der Waals surface area contributed by atoms with Crippen LogP contribution in [0.3, 0.4) is 0 Å². The average Bonchev–Trinajstić information content (AvgIpc) is 3.06. The highest BCUT2D eigenvalue weighted by molar-refractivity contribution is 8.26. The number of hydrogen-bond acceptors (Lipinski definition) is 7. The summed E-state index contributed by atoms with van der Waals surface area (Å²) in [5.41, 5.74) is 0.986. The average molecular weight is 501 g/mol. The third kappa shape index (κ3) is 6.58. The van der Waals surface area contributed by atoms with Crippen molar-refractivity contribution in [3.05, 3.63) is 58.5 Å². The Labute approximate surface area is 206 Å². The summed E-state index contributed by atoms with van der Waals surface area (Å²) in [6.45, 7) is 0.483. The van der Waals surface area contributed by atoms with Crippen LogP contribution in [0.15, 0.2) is 47.4 Å². The minimum atomic E-state index is -1.24. The highest BCUT2D eigenvalue weighted by Gasteiger charge is 2.31. The SMILES string of the molecule is COc1ccc(/C=C2\SC(=S)N(CCCCCC(=O)Nc3ccc(C(=O)O)c(O)c3)C2=O)cc1. The normalized spacial score (nSPS) is 14.5. The van der Waals surface area contributed by atoms with Gasteiger partial charge in [0.2, 0.25) is 5.91 Å². The van der Waals surface area contributed by atoms with E-state index in [1.54, 1.807) is 12.0 Å². The minimum absolute atomic E-state index is 0.117. The number of unbranched alkanes of at least 4 members (excludes halogenated alkanes) is 2. The molecule has 2 aromatic rings. The summed E-state index contributed by atoms with van der Waals surface area (Å²) in [5.74, 6) is -1.26. The quantitative estimate of drug-likeness (QED) is 0.248. The van der Waals surface area contributed by atoms with Crippen molar-refractivity contribution in [2.24, 2.45) is 0 Å². The van der Waals surface area contributed by atoms with E-state index in [-0.39, 0.29) is 23.8 Å². The van der Waals surface area contributed by atoms with Gasteiger partial charge in [-0.05, 0) is 48.7 Å². The second-order valence-corrected chi connectivity index (χ2v) is 9.18. The van der Waals surface area contributed by atoms with Crippen molar-refractivity contribution in [3.8, 4) is 11.5 Å². The largest absolute Gasteiger partial charge is 0.507 e. The number of amides is 2. The summed E-state index contributed by atoms with van der Waals surface area (Å²) in [6.07, 6.45) is 4.11.